The van der Waals surface area contributed by atoms with Crippen LogP contribution in [0.4, 0.5) is 0 Å². The van der Waals surface area contributed by atoms with E-state index in [1.807, 2.05) is 60.7 Å². The highest BCUT2D eigenvalue weighted by atomic mass is 32.2. The van der Waals surface area contributed by atoms with Crippen LogP contribution >= 0.6 is 11.8 Å². The molecule has 2 heterocycles. The number of aryl methyl sites for hydroxylation is 1. The molecule has 33 heavy (non-hydrogen) atoms. The summed E-state index contributed by atoms with van der Waals surface area (Å²) < 4.78 is 11.0. The van der Waals surface area contributed by atoms with Gasteiger partial charge in [-0.25, -0.2) is 4.79 Å². The standard InChI is InChI=1S/C26H25NO5S/c1-2-15-31-26(30)23-22(17-32-20-11-7-4-8-12-20)33-25-21(24(29)27(23)25)16-19(28)14-13-18-9-5-3-6-10-18/h2-12,21,25H,1,13-17H2/t21-,25-/m1/s1. The van der Waals surface area contributed by atoms with Crippen molar-refractivity contribution in [3.63, 3.8) is 0 Å². The van der Waals surface area contributed by atoms with Gasteiger partial charge in [-0.1, -0.05) is 72.9 Å². The fourth-order valence-corrected chi connectivity index (χ4v) is 5.28. The van der Waals surface area contributed by atoms with Gasteiger partial charge in [-0.3, -0.25) is 14.5 Å². The Bertz CT molecular complexity index is 1070. The Balaban J connectivity index is 1.41. The van der Waals surface area contributed by atoms with Crippen molar-refractivity contribution in [2.24, 2.45) is 5.92 Å². The first kappa shape index (κ1) is 22.9. The van der Waals surface area contributed by atoms with E-state index in [9.17, 15) is 14.4 Å². The van der Waals surface area contributed by atoms with Crippen LogP contribution in [0.5, 0.6) is 5.75 Å². The fraction of sp³-hybridized carbons (Fsp3) is 0.269. The minimum absolute atomic E-state index is 0.0437. The average Bonchev–Trinajstić information content (AvgIpc) is 3.20. The van der Waals surface area contributed by atoms with Gasteiger partial charge in [-0.05, 0) is 24.1 Å². The Labute approximate surface area is 197 Å². The number of β-lactam (4-membered cyclic amide) rings is 1. The zero-order chi connectivity index (χ0) is 23.2. The fourth-order valence-electron chi connectivity index (χ4n) is 3.88. The Morgan fingerprint density at radius 1 is 1.06 bits per heavy atom. The van der Waals surface area contributed by atoms with Crippen LogP contribution in [-0.4, -0.2) is 41.1 Å². The number of carbonyl (C=O) groups is 3. The summed E-state index contributed by atoms with van der Waals surface area (Å²) in [4.78, 5) is 40.3. The molecule has 1 saturated heterocycles. The average molecular weight is 464 g/mol. The number of fused-ring (bicyclic) bond motifs is 1. The van der Waals surface area contributed by atoms with E-state index in [0.717, 1.165) is 5.56 Å². The molecule has 7 heteroatoms. The highest BCUT2D eigenvalue weighted by Crippen LogP contribution is 2.50. The lowest BCUT2D eigenvalue weighted by molar-refractivity contribution is -0.154. The molecule has 0 saturated carbocycles. The van der Waals surface area contributed by atoms with Crippen LogP contribution in [0.2, 0.25) is 0 Å². The van der Waals surface area contributed by atoms with E-state index in [1.54, 1.807) is 0 Å². The van der Waals surface area contributed by atoms with Gasteiger partial charge in [0.2, 0.25) is 5.91 Å². The number of rotatable bonds is 11. The second kappa shape index (κ2) is 10.5. The number of ether oxygens (including phenoxy) is 2. The Hall–Kier alpha value is -3.32. The molecule has 0 unspecified atom stereocenters. The number of ketones is 1. The predicted octanol–water partition coefficient (Wildman–Crippen LogP) is 4.13. The molecule has 0 spiro atoms. The number of thioether (sulfide) groups is 1. The van der Waals surface area contributed by atoms with Crippen LogP contribution in [0, 0.1) is 5.92 Å². The first-order valence-corrected chi connectivity index (χ1v) is 11.7. The van der Waals surface area contributed by atoms with E-state index in [0.29, 0.717) is 23.5 Å². The highest BCUT2D eigenvalue weighted by molar-refractivity contribution is 8.04. The number of carbonyl (C=O) groups excluding carboxylic acids is 3. The Kier molecular flexibility index (Phi) is 7.29. The normalized spacial score (nSPS) is 19.0. The van der Waals surface area contributed by atoms with Gasteiger partial charge in [0.05, 0.1) is 16.2 Å². The third-order valence-electron chi connectivity index (χ3n) is 5.54. The molecule has 0 bridgehead atoms. The van der Waals surface area contributed by atoms with E-state index >= 15 is 0 Å². The van der Waals surface area contributed by atoms with Crippen LogP contribution in [0.1, 0.15) is 18.4 Å². The SMILES string of the molecule is C=CCOC(=O)C1=C(COc2ccccc2)S[C@@H]2[C@H](CC(=O)CCc3ccccc3)C(=O)N12. The molecule has 0 N–H and O–H groups in total. The molecule has 0 aliphatic carbocycles. The predicted molar refractivity (Wildman–Crippen MR) is 126 cm³/mol. The maximum atomic E-state index is 12.9. The first-order valence-electron chi connectivity index (χ1n) is 10.8. The van der Waals surface area contributed by atoms with E-state index < -0.39 is 11.9 Å². The number of nitrogens with zero attached hydrogens (tertiary/aromatic N) is 1. The van der Waals surface area contributed by atoms with Crippen LogP contribution < -0.4 is 4.74 Å². The largest absolute Gasteiger partial charge is 0.488 e. The zero-order valence-corrected chi connectivity index (χ0v) is 19.0. The van der Waals surface area contributed by atoms with Crippen LogP contribution in [-0.2, 0) is 25.5 Å². The number of esters is 1. The quantitative estimate of drug-likeness (QED) is 0.283. The highest BCUT2D eigenvalue weighted by Gasteiger charge is 2.56. The van der Waals surface area contributed by atoms with Gasteiger partial charge < -0.3 is 9.47 Å². The zero-order valence-electron chi connectivity index (χ0n) is 18.1. The molecule has 1 fully saturated rings. The van der Waals surface area contributed by atoms with Crippen molar-refractivity contribution < 1.29 is 23.9 Å². The summed E-state index contributed by atoms with van der Waals surface area (Å²) in [6.45, 7) is 3.75. The van der Waals surface area contributed by atoms with Gasteiger partial charge in [-0.2, -0.15) is 0 Å². The molecular weight excluding hydrogens is 438 g/mol. The number of hydrogen-bond donors (Lipinski definition) is 0. The molecule has 0 aromatic heterocycles. The number of benzene rings is 2. The Morgan fingerprint density at radius 2 is 1.76 bits per heavy atom. The van der Waals surface area contributed by atoms with E-state index in [4.69, 9.17) is 9.47 Å². The van der Waals surface area contributed by atoms with Gasteiger partial charge in [0.15, 0.2) is 0 Å². The monoisotopic (exact) mass is 463 g/mol. The minimum Gasteiger partial charge on any atom is -0.488 e. The molecule has 2 aromatic rings. The smallest absolute Gasteiger partial charge is 0.356 e. The minimum atomic E-state index is -0.584. The number of para-hydroxylation sites is 1. The summed E-state index contributed by atoms with van der Waals surface area (Å²) >= 11 is 1.40. The molecule has 170 valence electrons. The first-order chi connectivity index (χ1) is 16.1. The molecule has 2 aromatic carbocycles. The topological polar surface area (TPSA) is 72.9 Å². The lowest BCUT2D eigenvalue weighted by atomic mass is 9.90. The molecule has 6 nitrogen and oxygen atoms in total. The molecular formula is C26H25NO5S. The van der Waals surface area contributed by atoms with Crippen molar-refractivity contribution >= 4 is 29.4 Å². The van der Waals surface area contributed by atoms with E-state index in [2.05, 4.69) is 6.58 Å². The van der Waals surface area contributed by atoms with Gasteiger partial charge in [0.1, 0.15) is 30.4 Å². The van der Waals surface area contributed by atoms with Gasteiger partial charge in [0, 0.05) is 12.8 Å². The lowest BCUT2D eigenvalue weighted by Gasteiger charge is -2.42. The van der Waals surface area contributed by atoms with Crippen LogP contribution in [0.25, 0.3) is 0 Å². The molecule has 4 rings (SSSR count). The maximum absolute atomic E-state index is 12.9. The van der Waals surface area contributed by atoms with Gasteiger partial charge in [-0.15, -0.1) is 0 Å². The van der Waals surface area contributed by atoms with Crippen LogP contribution in [0.15, 0.2) is 83.9 Å². The molecule has 2 aliphatic heterocycles. The Morgan fingerprint density at radius 3 is 2.45 bits per heavy atom. The maximum Gasteiger partial charge on any atom is 0.356 e. The number of hydrogen-bond acceptors (Lipinski definition) is 6. The third kappa shape index (κ3) is 5.20. The van der Waals surface area contributed by atoms with Crippen molar-refractivity contribution in [2.75, 3.05) is 13.2 Å². The summed E-state index contributed by atoms with van der Waals surface area (Å²) in [6.07, 6.45) is 2.68. The molecule has 2 aliphatic rings. The summed E-state index contributed by atoms with van der Waals surface area (Å²) in [7, 11) is 0. The van der Waals surface area contributed by atoms with Crippen molar-refractivity contribution in [3.8, 4) is 5.75 Å². The summed E-state index contributed by atoms with van der Waals surface area (Å²) in [6, 6.07) is 19.1. The van der Waals surface area contributed by atoms with Gasteiger partial charge >= 0.3 is 5.97 Å². The van der Waals surface area contributed by atoms with E-state index in [1.165, 1.54) is 22.7 Å². The summed E-state index contributed by atoms with van der Waals surface area (Å²) in [5, 5.41) is -0.293. The number of amides is 1. The van der Waals surface area contributed by atoms with Crippen molar-refractivity contribution in [3.05, 3.63) is 89.5 Å². The summed E-state index contributed by atoms with van der Waals surface area (Å²) in [5.74, 6) is -0.547. The van der Waals surface area contributed by atoms with Gasteiger partial charge in [0.25, 0.3) is 0 Å². The summed E-state index contributed by atoms with van der Waals surface area (Å²) in [5.41, 5.74) is 1.30. The third-order valence-corrected chi connectivity index (χ3v) is 6.92. The second-order valence-electron chi connectivity index (χ2n) is 7.81. The lowest BCUT2D eigenvalue weighted by Crippen LogP contribution is -2.57. The van der Waals surface area contributed by atoms with Crippen molar-refractivity contribution in [2.45, 2.75) is 24.6 Å². The molecule has 0 radical (unpaired) electrons. The van der Waals surface area contributed by atoms with Crippen LogP contribution in [0.3, 0.4) is 0 Å². The van der Waals surface area contributed by atoms with Crippen molar-refractivity contribution in [1.82, 2.24) is 4.90 Å². The second-order valence-corrected chi connectivity index (χ2v) is 9.02. The van der Waals surface area contributed by atoms with E-state index in [-0.39, 0.29) is 42.4 Å². The number of Topliss-reactive ketones (excluding diaryl/α,β-unsaturated/α-hetero) is 1. The molecule has 1 amide bonds. The van der Waals surface area contributed by atoms with Crippen molar-refractivity contribution in [1.29, 1.82) is 0 Å². The molecule has 2 atom stereocenters.